The maximum absolute atomic E-state index is 13.4. The number of nitrogens with zero attached hydrogens (tertiary/aromatic N) is 3. The van der Waals surface area contributed by atoms with Crippen LogP contribution in [0.5, 0.6) is 23.0 Å². The molecule has 2 aromatic heterocycles. The molecule has 0 amide bonds. The van der Waals surface area contributed by atoms with Crippen molar-refractivity contribution in [2.75, 3.05) is 32.2 Å². The largest absolute Gasteiger partial charge is 0.496 e. The van der Waals surface area contributed by atoms with Crippen LogP contribution in [0.2, 0.25) is 0 Å². The standard InChI is InChI=1S/C21H20N4O7S/c1-28-15-5-4-14-19(31-9-8-30-14)20(15)33(26,27)24-21-18-16(29-2)10-13(11-17(18)32-23-21)12-25-7-3-6-22-25/h3-7,10-11H,8-9,12H2,1-2H3,(H,23,24). The average molecular weight is 472 g/mol. The molecule has 172 valence electrons. The third kappa shape index (κ3) is 3.78. The number of hydrogen-bond acceptors (Lipinski definition) is 9. The Bertz CT molecular complexity index is 1410. The molecule has 5 rings (SSSR count). The summed E-state index contributed by atoms with van der Waals surface area (Å²) in [7, 11) is -1.35. The predicted octanol–water partition coefficient (Wildman–Crippen LogP) is 2.66. The van der Waals surface area contributed by atoms with Gasteiger partial charge in [0.2, 0.25) is 0 Å². The summed E-state index contributed by atoms with van der Waals surface area (Å²) >= 11 is 0. The second kappa shape index (κ2) is 8.20. The van der Waals surface area contributed by atoms with Crippen LogP contribution in [0.3, 0.4) is 0 Å². The van der Waals surface area contributed by atoms with Crippen LogP contribution in [0.4, 0.5) is 5.82 Å². The maximum Gasteiger partial charge on any atom is 0.270 e. The number of ether oxygens (including phenoxy) is 4. The third-order valence-electron chi connectivity index (χ3n) is 5.07. The molecule has 11 nitrogen and oxygen atoms in total. The lowest BCUT2D eigenvalue weighted by atomic mass is 10.1. The molecule has 33 heavy (non-hydrogen) atoms. The van der Waals surface area contributed by atoms with Gasteiger partial charge in [-0.1, -0.05) is 5.16 Å². The lowest BCUT2D eigenvalue weighted by Crippen LogP contribution is -2.21. The molecule has 0 radical (unpaired) electrons. The van der Waals surface area contributed by atoms with Crippen LogP contribution >= 0.6 is 0 Å². The van der Waals surface area contributed by atoms with Gasteiger partial charge in [0.25, 0.3) is 10.0 Å². The average Bonchev–Trinajstić information content (AvgIpc) is 3.47. The van der Waals surface area contributed by atoms with Gasteiger partial charge >= 0.3 is 0 Å². The molecule has 0 unspecified atom stereocenters. The van der Waals surface area contributed by atoms with Crippen molar-refractivity contribution < 1.29 is 31.9 Å². The van der Waals surface area contributed by atoms with Crippen molar-refractivity contribution in [1.29, 1.82) is 0 Å². The van der Waals surface area contributed by atoms with Gasteiger partial charge in [0.15, 0.2) is 27.8 Å². The number of methoxy groups -OCH3 is 2. The van der Waals surface area contributed by atoms with Gasteiger partial charge in [-0.25, -0.2) is 8.42 Å². The van der Waals surface area contributed by atoms with Crippen LogP contribution < -0.4 is 23.7 Å². The summed E-state index contributed by atoms with van der Waals surface area (Å²) in [6, 6.07) is 8.46. The second-order valence-electron chi connectivity index (χ2n) is 7.13. The monoisotopic (exact) mass is 472 g/mol. The van der Waals surface area contributed by atoms with Crippen molar-refractivity contribution in [3.63, 3.8) is 0 Å². The Hall–Kier alpha value is -3.93. The molecule has 1 aliphatic heterocycles. The zero-order chi connectivity index (χ0) is 23.0. The molecule has 0 saturated heterocycles. The lowest BCUT2D eigenvalue weighted by Gasteiger charge is -2.22. The molecule has 3 heterocycles. The fourth-order valence-electron chi connectivity index (χ4n) is 3.66. The summed E-state index contributed by atoms with van der Waals surface area (Å²) in [4.78, 5) is -0.187. The quantitative estimate of drug-likeness (QED) is 0.432. The van der Waals surface area contributed by atoms with E-state index in [9.17, 15) is 8.42 Å². The van der Waals surface area contributed by atoms with E-state index in [0.717, 1.165) is 5.56 Å². The summed E-state index contributed by atoms with van der Waals surface area (Å²) in [6.45, 7) is 1.01. The molecule has 4 aromatic rings. The van der Waals surface area contributed by atoms with Gasteiger partial charge in [0.05, 0.1) is 20.8 Å². The van der Waals surface area contributed by atoms with Crippen molar-refractivity contribution >= 4 is 26.8 Å². The molecule has 0 saturated carbocycles. The molecule has 0 aliphatic carbocycles. The van der Waals surface area contributed by atoms with E-state index >= 15 is 0 Å². The Balaban J connectivity index is 1.56. The van der Waals surface area contributed by atoms with Crippen LogP contribution in [0.15, 0.2) is 52.1 Å². The number of benzene rings is 2. The van der Waals surface area contributed by atoms with Gasteiger partial charge in [-0.2, -0.15) is 5.10 Å². The minimum Gasteiger partial charge on any atom is -0.496 e. The summed E-state index contributed by atoms with van der Waals surface area (Å²) < 4.78 is 58.4. The molecular weight excluding hydrogens is 452 g/mol. The van der Waals surface area contributed by atoms with Crippen molar-refractivity contribution in [2.45, 2.75) is 11.4 Å². The molecule has 0 spiro atoms. The smallest absolute Gasteiger partial charge is 0.270 e. The number of hydrogen-bond donors (Lipinski definition) is 1. The van der Waals surface area contributed by atoms with E-state index in [1.54, 1.807) is 29.1 Å². The molecule has 2 aromatic carbocycles. The Morgan fingerprint density at radius 3 is 2.70 bits per heavy atom. The van der Waals surface area contributed by atoms with Crippen LogP contribution in [0, 0.1) is 0 Å². The number of nitrogens with one attached hydrogen (secondary N) is 1. The topological polar surface area (TPSA) is 127 Å². The van der Waals surface area contributed by atoms with Crippen molar-refractivity contribution in [3.05, 3.63) is 48.3 Å². The first-order valence-corrected chi connectivity index (χ1v) is 11.4. The van der Waals surface area contributed by atoms with E-state index in [2.05, 4.69) is 15.0 Å². The molecule has 0 atom stereocenters. The molecule has 1 N–H and O–H groups in total. The van der Waals surface area contributed by atoms with Crippen molar-refractivity contribution in [3.8, 4) is 23.0 Å². The van der Waals surface area contributed by atoms with Crippen LogP contribution in [-0.2, 0) is 16.6 Å². The van der Waals surface area contributed by atoms with Crippen LogP contribution in [0.25, 0.3) is 11.0 Å². The lowest BCUT2D eigenvalue weighted by molar-refractivity contribution is 0.165. The van der Waals surface area contributed by atoms with Crippen LogP contribution in [-0.4, -0.2) is 50.8 Å². The van der Waals surface area contributed by atoms with E-state index in [1.807, 2.05) is 12.3 Å². The first-order chi connectivity index (χ1) is 16.0. The van der Waals surface area contributed by atoms with Crippen molar-refractivity contribution in [1.82, 2.24) is 14.9 Å². The Labute approximate surface area is 188 Å². The third-order valence-corrected chi connectivity index (χ3v) is 6.45. The number of sulfonamides is 1. The zero-order valence-corrected chi connectivity index (χ0v) is 18.6. The normalized spacial score (nSPS) is 13.2. The second-order valence-corrected chi connectivity index (χ2v) is 8.75. The van der Waals surface area contributed by atoms with E-state index in [0.29, 0.717) is 35.6 Å². The SMILES string of the molecule is COc1ccc2c(c1S(=O)(=O)Nc1noc3cc(Cn4cccn4)cc(OC)c13)OCCO2. The first-order valence-electron chi connectivity index (χ1n) is 9.93. The number of rotatable bonds is 7. The van der Waals surface area contributed by atoms with E-state index in [4.69, 9.17) is 23.5 Å². The van der Waals surface area contributed by atoms with E-state index < -0.39 is 10.0 Å². The van der Waals surface area contributed by atoms with Gasteiger partial charge in [0.1, 0.15) is 30.1 Å². The van der Waals surface area contributed by atoms with Crippen LogP contribution in [0.1, 0.15) is 5.56 Å². The summed E-state index contributed by atoms with van der Waals surface area (Å²) in [5.74, 6) is 0.870. The van der Waals surface area contributed by atoms with Gasteiger partial charge in [-0.3, -0.25) is 9.40 Å². The minimum atomic E-state index is -4.21. The fourth-order valence-corrected chi connectivity index (χ4v) is 4.97. The number of fused-ring (bicyclic) bond motifs is 2. The summed E-state index contributed by atoms with van der Waals surface area (Å²) in [5.41, 5.74) is 1.20. The molecular formula is C21H20N4O7S. The van der Waals surface area contributed by atoms with Gasteiger partial charge < -0.3 is 23.5 Å². The fraction of sp³-hybridized carbons (Fsp3) is 0.238. The highest BCUT2D eigenvalue weighted by Gasteiger charge is 2.32. The molecule has 0 fully saturated rings. The summed E-state index contributed by atoms with van der Waals surface area (Å²) in [6.07, 6.45) is 3.51. The zero-order valence-electron chi connectivity index (χ0n) is 17.8. The summed E-state index contributed by atoms with van der Waals surface area (Å²) in [5, 5.41) is 8.51. The van der Waals surface area contributed by atoms with E-state index in [1.165, 1.54) is 20.3 Å². The predicted molar refractivity (Wildman–Crippen MR) is 117 cm³/mol. The van der Waals surface area contributed by atoms with Gasteiger partial charge in [-0.05, 0) is 35.9 Å². The highest BCUT2D eigenvalue weighted by molar-refractivity contribution is 7.93. The minimum absolute atomic E-state index is 0.0242. The van der Waals surface area contributed by atoms with Crippen molar-refractivity contribution in [2.24, 2.45) is 0 Å². The highest BCUT2D eigenvalue weighted by atomic mass is 32.2. The molecule has 12 heteroatoms. The molecule has 1 aliphatic rings. The highest BCUT2D eigenvalue weighted by Crippen LogP contribution is 2.43. The Morgan fingerprint density at radius 2 is 1.94 bits per heavy atom. The number of anilines is 1. The Kier molecular flexibility index (Phi) is 5.21. The number of aromatic nitrogens is 3. The van der Waals surface area contributed by atoms with Gasteiger partial charge in [0, 0.05) is 12.4 Å². The molecule has 0 bridgehead atoms. The van der Waals surface area contributed by atoms with Gasteiger partial charge in [-0.15, -0.1) is 0 Å². The maximum atomic E-state index is 13.4. The first kappa shape index (κ1) is 20.9. The van der Waals surface area contributed by atoms with E-state index in [-0.39, 0.29) is 28.8 Å². The Morgan fingerprint density at radius 1 is 1.12 bits per heavy atom.